The summed E-state index contributed by atoms with van der Waals surface area (Å²) in [6, 6.07) is 22.2. The average molecular weight is 464 g/mol. The molecule has 0 saturated heterocycles. The Labute approximate surface area is 202 Å². The van der Waals surface area contributed by atoms with Crippen LogP contribution in [0.5, 0.6) is 11.6 Å². The third-order valence-corrected chi connectivity index (χ3v) is 5.98. The van der Waals surface area contributed by atoms with Gasteiger partial charge in [0.15, 0.2) is 0 Å². The van der Waals surface area contributed by atoms with E-state index in [-0.39, 0.29) is 0 Å². The van der Waals surface area contributed by atoms with Crippen molar-refractivity contribution in [3.63, 3.8) is 0 Å². The normalized spacial score (nSPS) is 11.6. The summed E-state index contributed by atoms with van der Waals surface area (Å²) in [6.45, 7) is 9.51. The molecule has 3 rings (SSSR count). The molecule has 1 aromatic heterocycles. The fraction of sp³-hybridized carbons (Fsp3) is 0.321. The van der Waals surface area contributed by atoms with Crippen molar-refractivity contribution in [3.05, 3.63) is 96.4 Å². The van der Waals surface area contributed by atoms with E-state index in [0.29, 0.717) is 25.0 Å². The molecule has 0 aliphatic carbocycles. The SMILES string of the molecule is C=C(OCC)C(CCC)Cc1ccc(OCCc2ccc(OSc3ccccc3)cc2)nc1. The molecule has 1 unspecified atom stereocenters. The molecule has 0 fully saturated rings. The zero-order valence-electron chi connectivity index (χ0n) is 19.5. The minimum Gasteiger partial charge on any atom is -0.499 e. The fourth-order valence-electron chi connectivity index (χ4n) is 3.49. The topological polar surface area (TPSA) is 40.6 Å². The minimum absolute atomic E-state index is 0.321. The maximum atomic E-state index is 5.85. The first-order valence-corrected chi connectivity index (χ1v) is 12.3. The van der Waals surface area contributed by atoms with Crippen LogP contribution in [0.1, 0.15) is 37.8 Å². The summed E-state index contributed by atoms with van der Waals surface area (Å²) in [4.78, 5) is 5.56. The van der Waals surface area contributed by atoms with Crippen molar-refractivity contribution in [1.29, 1.82) is 0 Å². The van der Waals surface area contributed by atoms with E-state index in [0.717, 1.165) is 42.1 Å². The van der Waals surface area contributed by atoms with Crippen molar-refractivity contribution in [2.45, 2.75) is 44.4 Å². The van der Waals surface area contributed by atoms with E-state index in [4.69, 9.17) is 13.7 Å². The van der Waals surface area contributed by atoms with Gasteiger partial charge in [-0.25, -0.2) is 4.98 Å². The molecule has 3 aromatic rings. The Balaban J connectivity index is 1.42. The zero-order valence-corrected chi connectivity index (χ0v) is 20.4. The Bertz CT molecular complexity index is 959. The van der Waals surface area contributed by atoms with Crippen LogP contribution in [-0.2, 0) is 17.6 Å². The van der Waals surface area contributed by atoms with Crippen LogP contribution in [0, 0.1) is 5.92 Å². The van der Waals surface area contributed by atoms with Crippen molar-refractivity contribution in [3.8, 4) is 11.6 Å². The highest BCUT2D eigenvalue weighted by Crippen LogP contribution is 2.24. The van der Waals surface area contributed by atoms with Crippen LogP contribution in [0.25, 0.3) is 0 Å². The van der Waals surface area contributed by atoms with Crippen molar-refractivity contribution in [1.82, 2.24) is 4.98 Å². The third-order valence-electron chi connectivity index (χ3n) is 5.24. The van der Waals surface area contributed by atoms with Gasteiger partial charge in [-0.3, -0.25) is 0 Å². The lowest BCUT2D eigenvalue weighted by molar-refractivity contribution is 0.187. The molecule has 1 heterocycles. The second-order valence-corrected chi connectivity index (χ2v) is 8.62. The largest absolute Gasteiger partial charge is 0.499 e. The summed E-state index contributed by atoms with van der Waals surface area (Å²) >= 11 is 1.36. The van der Waals surface area contributed by atoms with Gasteiger partial charge in [-0.15, -0.1) is 0 Å². The highest BCUT2D eigenvalue weighted by molar-refractivity contribution is 7.95. The quantitative estimate of drug-likeness (QED) is 0.185. The van der Waals surface area contributed by atoms with E-state index >= 15 is 0 Å². The maximum absolute atomic E-state index is 5.85. The van der Waals surface area contributed by atoms with Crippen LogP contribution in [0.15, 0.2) is 90.2 Å². The third kappa shape index (κ3) is 8.50. The summed E-state index contributed by atoms with van der Waals surface area (Å²) in [6.07, 6.45) is 5.75. The van der Waals surface area contributed by atoms with E-state index < -0.39 is 0 Å². The van der Waals surface area contributed by atoms with Gasteiger partial charge < -0.3 is 13.7 Å². The number of ether oxygens (including phenoxy) is 2. The van der Waals surface area contributed by atoms with E-state index in [9.17, 15) is 0 Å². The molecule has 0 aliphatic heterocycles. The van der Waals surface area contributed by atoms with Gasteiger partial charge in [0.05, 0.1) is 31.0 Å². The first-order valence-electron chi connectivity index (χ1n) is 11.6. The molecule has 5 heteroatoms. The van der Waals surface area contributed by atoms with E-state index in [1.807, 2.05) is 61.7 Å². The maximum Gasteiger partial charge on any atom is 0.213 e. The van der Waals surface area contributed by atoms with Crippen molar-refractivity contribution in [2.75, 3.05) is 13.2 Å². The molecule has 0 saturated carbocycles. The molecule has 0 radical (unpaired) electrons. The number of nitrogens with zero attached hydrogens (tertiary/aromatic N) is 1. The van der Waals surface area contributed by atoms with Crippen molar-refractivity contribution in [2.24, 2.45) is 5.92 Å². The van der Waals surface area contributed by atoms with Gasteiger partial charge in [0, 0.05) is 29.5 Å². The molecule has 0 bridgehead atoms. The predicted octanol–water partition coefficient (Wildman–Crippen LogP) is 7.30. The van der Waals surface area contributed by atoms with Gasteiger partial charge in [-0.1, -0.05) is 56.3 Å². The summed E-state index contributed by atoms with van der Waals surface area (Å²) in [7, 11) is 0. The number of rotatable bonds is 14. The molecule has 0 aliphatic rings. The average Bonchev–Trinajstić information content (AvgIpc) is 2.85. The van der Waals surface area contributed by atoms with Crippen LogP contribution in [0.2, 0.25) is 0 Å². The van der Waals surface area contributed by atoms with Gasteiger partial charge in [0.2, 0.25) is 5.88 Å². The molecular formula is C28H33NO3S. The number of allylic oxidation sites excluding steroid dienone is 1. The highest BCUT2D eigenvalue weighted by atomic mass is 32.2. The van der Waals surface area contributed by atoms with Crippen LogP contribution < -0.4 is 8.92 Å². The molecule has 174 valence electrons. The summed E-state index contributed by atoms with van der Waals surface area (Å²) < 4.78 is 17.3. The number of aromatic nitrogens is 1. The van der Waals surface area contributed by atoms with Gasteiger partial charge in [0.1, 0.15) is 5.75 Å². The minimum atomic E-state index is 0.321. The lowest BCUT2D eigenvalue weighted by Gasteiger charge is -2.19. The van der Waals surface area contributed by atoms with E-state index in [1.54, 1.807) is 0 Å². The second-order valence-electron chi connectivity index (χ2n) is 7.82. The summed E-state index contributed by atoms with van der Waals surface area (Å²) in [5.41, 5.74) is 2.37. The fourth-order valence-corrected chi connectivity index (χ4v) is 4.06. The van der Waals surface area contributed by atoms with Crippen molar-refractivity contribution >= 4 is 12.0 Å². The van der Waals surface area contributed by atoms with Crippen LogP contribution >= 0.6 is 12.0 Å². The number of hydrogen-bond acceptors (Lipinski definition) is 5. The first kappa shape index (κ1) is 24.7. The number of benzene rings is 2. The summed E-state index contributed by atoms with van der Waals surface area (Å²) in [5.74, 6) is 2.67. The number of pyridine rings is 1. The lowest BCUT2D eigenvalue weighted by atomic mass is 9.94. The smallest absolute Gasteiger partial charge is 0.213 e. The Morgan fingerprint density at radius 2 is 1.73 bits per heavy atom. The second kappa shape index (κ2) is 13.6. The molecule has 0 amide bonds. The monoisotopic (exact) mass is 463 g/mol. The molecule has 0 N–H and O–H groups in total. The van der Waals surface area contributed by atoms with E-state index in [1.165, 1.54) is 23.2 Å². The Morgan fingerprint density at radius 3 is 2.39 bits per heavy atom. The van der Waals surface area contributed by atoms with E-state index in [2.05, 4.69) is 36.7 Å². The standard InChI is InChI=1S/C28H33NO3S/c1-4-9-25(22(3)30-5-2)20-24-14-17-28(29-21-24)31-19-18-23-12-15-26(16-13-23)32-33-27-10-7-6-8-11-27/h6-8,10-17,21,25H,3-5,9,18-20H2,1-2H3. The molecule has 1 atom stereocenters. The number of hydrogen-bond donors (Lipinski definition) is 0. The first-order chi connectivity index (χ1) is 16.2. The Morgan fingerprint density at radius 1 is 0.970 bits per heavy atom. The van der Waals surface area contributed by atoms with Gasteiger partial charge in [-0.05, 0) is 55.2 Å². The van der Waals surface area contributed by atoms with Crippen LogP contribution in [0.4, 0.5) is 0 Å². The molecule has 33 heavy (non-hydrogen) atoms. The molecular weight excluding hydrogens is 430 g/mol. The van der Waals surface area contributed by atoms with Gasteiger partial charge >= 0.3 is 0 Å². The molecule has 4 nitrogen and oxygen atoms in total. The van der Waals surface area contributed by atoms with Crippen LogP contribution in [-0.4, -0.2) is 18.2 Å². The summed E-state index contributed by atoms with van der Waals surface area (Å²) in [5, 5.41) is 0. The zero-order chi connectivity index (χ0) is 23.3. The highest BCUT2D eigenvalue weighted by Gasteiger charge is 2.14. The lowest BCUT2D eigenvalue weighted by Crippen LogP contribution is -2.10. The molecule has 0 spiro atoms. The predicted molar refractivity (Wildman–Crippen MR) is 136 cm³/mol. The molecule has 2 aromatic carbocycles. The Kier molecular flexibility index (Phi) is 10.2. The van der Waals surface area contributed by atoms with Crippen LogP contribution in [0.3, 0.4) is 0 Å². The van der Waals surface area contributed by atoms with Gasteiger partial charge in [0.25, 0.3) is 0 Å². The Hall–Kier alpha value is -2.92. The van der Waals surface area contributed by atoms with Gasteiger partial charge in [-0.2, -0.15) is 0 Å². The van der Waals surface area contributed by atoms with Crippen molar-refractivity contribution < 1.29 is 13.7 Å².